The van der Waals surface area contributed by atoms with E-state index in [-0.39, 0.29) is 5.91 Å². The number of carbonyl (C=O) groups excluding carboxylic acids is 1. The highest BCUT2D eigenvalue weighted by Gasteiger charge is 2.23. The van der Waals surface area contributed by atoms with Gasteiger partial charge in [-0.05, 0) is 18.9 Å². The van der Waals surface area contributed by atoms with Crippen LogP contribution in [-0.2, 0) is 4.79 Å². The third-order valence-electron chi connectivity index (χ3n) is 2.04. The molecule has 0 saturated heterocycles. The van der Waals surface area contributed by atoms with Crippen LogP contribution in [0.3, 0.4) is 0 Å². The summed E-state index contributed by atoms with van der Waals surface area (Å²) in [6, 6.07) is 0. The molecule has 0 aromatic carbocycles. The maximum absolute atomic E-state index is 10.8. The van der Waals surface area contributed by atoms with Gasteiger partial charge in [0.15, 0.2) is 0 Å². The van der Waals surface area contributed by atoms with E-state index in [1.165, 1.54) is 10.5 Å². The van der Waals surface area contributed by atoms with Crippen molar-refractivity contribution in [2.24, 2.45) is 5.73 Å². The lowest BCUT2D eigenvalue weighted by Crippen LogP contribution is -2.16. The highest BCUT2D eigenvalue weighted by atomic mass is 32.2. The molecular formula is C13H21NOS. The second kappa shape index (κ2) is 8.22. The zero-order chi connectivity index (χ0) is 12.6. The van der Waals surface area contributed by atoms with Crippen molar-refractivity contribution in [1.29, 1.82) is 0 Å². The molecule has 0 fully saturated rings. The number of primary amides is 1. The SMILES string of the molecule is C=CC1=C(/C=C\C)CC(CC(N)=O)S1.CC. The Labute approximate surface area is 103 Å². The fourth-order valence-corrected chi connectivity index (χ4v) is 2.78. The van der Waals surface area contributed by atoms with Gasteiger partial charge in [-0.2, -0.15) is 0 Å². The molecule has 1 rings (SSSR count). The van der Waals surface area contributed by atoms with Crippen LogP contribution in [0.2, 0.25) is 0 Å². The standard InChI is InChI=1S/C11H15NOS.C2H6/c1-3-5-8-6-9(7-11(12)13)14-10(8)4-2;1-2/h3-5,9H,2,6-7H2,1H3,(H2,12,13);1-2H3/b5-3-;. The van der Waals surface area contributed by atoms with Gasteiger partial charge < -0.3 is 5.73 Å². The van der Waals surface area contributed by atoms with Crippen LogP contribution in [0.1, 0.15) is 33.6 Å². The Morgan fingerprint density at radius 3 is 2.69 bits per heavy atom. The second-order valence-electron chi connectivity index (χ2n) is 3.21. The lowest BCUT2D eigenvalue weighted by Gasteiger charge is -2.04. The van der Waals surface area contributed by atoms with Crippen molar-refractivity contribution in [2.75, 3.05) is 0 Å². The minimum Gasteiger partial charge on any atom is -0.370 e. The molecular weight excluding hydrogens is 218 g/mol. The molecule has 1 atom stereocenters. The molecule has 2 N–H and O–H groups in total. The molecule has 0 saturated carbocycles. The van der Waals surface area contributed by atoms with Crippen LogP contribution in [0.15, 0.2) is 35.3 Å². The van der Waals surface area contributed by atoms with Gasteiger partial charge in [0.2, 0.25) is 5.91 Å². The first-order valence-corrected chi connectivity index (χ1v) is 6.48. The smallest absolute Gasteiger partial charge is 0.218 e. The average Bonchev–Trinajstić information content (AvgIpc) is 2.63. The van der Waals surface area contributed by atoms with Gasteiger partial charge >= 0.3 is 0 Å². The van der Waals surface area contributed by atoms with E-state index < -0.39 is 0 Å². The van der Waals surface area contributed by atoms with Crippen LogP contribution in [0, 0.1) is 0 Å². The summed E-state index contributed by atoms with van der Waals surface area (Å²) in [6.07, 6.45) is 7.29. The molecule has 1 amide bonds. The largest absolute Gasteiger partial charge is 0.370 e. The first-order chi connectivity index (χ1) is 7.67. The Hall–Kier alpha value is -0.960. The van der Waals surface area contributed by atoms with Crippen molar-refractivity contribution in [3.05, 3.63) is 35.3 Å². The maximum Gasteiger partial charge on any atom is 0.218 e. The molecule has 2 nitrogen and oxygen atoms in total. The second-order valence-corrected chi connectivity index (χ2v) is 4.55. The lowest BCUT2D eigenvalue weighted by molar-refractivity contribution is -0.117. The summed E-state index contributed by atoms with van der Waals surface area (Å²) in [5, 5.41) is 0.298. The van der Waals surface area contributed by atoms with Crippen molar-refractivity contribution >= 4 is 17.7 Å². The first kappa shape index (κ1) is 15.0. The van der Waals surface area contributed by atoms with Gasteiger partial charge in [-0.1, -0.05) is 38.7 Å². The predicted octanol–water partition coefficient (Wildman–Crippen LogP) is 3.41. The topological polar surface area (TPSA) is 43.1 Å². The van der Waals surface area contributed by atoms with Gasteiger partial charge in [0, 0.05) is 16.6 Å². The van der Waals surface area contributed by atoms with E-state index in [0.717, 1.165) is 6.42 Å². The number of nitrogens with two attached hydrogens (primary N) is 1. The Bertz CT molecular complexity index is 305. The number of hydrogen-bond donors (Lipinski definition) is 1. The van der Waals surface area contributed by atoms with Gasteiger partial charge in [-0.25, -0.2) is 0 Å². The molecule has 1 heterocycles. The zero-order valence-electron chi connectivity index (χ0n) is 10.3. The van der Waals surface area contributed by atoms with Crippen LogP contribution in [-0.4, -0.2) is 11.2 Å². The summed E-state index contributed by atoms with van der Waals surface area (Å²) < 4.78 is 0. The monoisotopic (exact) mass is 239 g/mol. The summed E-state index contributed by atoms with van der Waals surface area (Å²) >= 11 is 1.70. The van der Waals surface area contributed by atoms with E-state index >= 15 is 0 Å². The molecule has 0 aromatic heterocycles. The quantitative estimate of drug-likeness (QED) is 0.817. The van der Waals surface area contributed by atoms with E-state index in [9.17, 15) is 4.79 Å². The van der Waals surface area contributed by atoms with E-state index in [1.807, 2.05) is 32.9 Å². The van der Waals surface area contributed by atoms with E-state index in [4.69, 9.17) is 5.73 Å². The Morgan fingerprint density at radius 1 is 1.62 bits per heavy atom. The minimum atomic E-state index is -0.229. The molecule has 90 valence electrons. The molecule has 1 aliphatic rings. The van der Waals surface area contributed by atoms with Crippen LogP contribution in [0.5, 0.6) is 0 Å². The minimum absolute atomic E-state index is 0.229. The number of rotatable bonds is 4. The molecule has 16 heavy (non-hydrogen) atoms. The summed E-state index contributed by atoms with van der Waals surface area (Å²) in [4.78, 5) is 11.9. The lowest BCUT2D eigenvalue weighted by atomic mass is 10.1. The van der Waals surface area contributed by atoms with Crippen LogP contribution < -0.4 is 5.73 Å². The van der Waals surface area contributed by atoms with E-state index in [1.54, 1.807) is 11.8 Å². The van der Waals surface area contributed by atoms with Gasteiger partial charge in [-0.15, -0.1) is 11.8 Å². The molecule has 0 bridgehead atoms. The Balaban J connectivity index is 0.00000106. The van der Waals surface area contributed by atoms with Crippen LogP contribution >= 0.6 is 11.8 Å². The number of carbonyl (C=O) groups is 1. The highest BCUT2D eigenvalue weighted by molar-refractivity contribution is 8.04. The first-order valence-electron chi connectivity index (χ1n) is 5.60. The third-order valence-corrected chi connectivity index (χ3v) is 3.39. The number of thioether (sulfide) groups is 1. The third kappa shape index (κ3) is 4.71. The number of amides is 1. The fourth-order valence-electron chi connectivity index (χ4n) is 1.51. The molecule has 0 radical (unpaired) electrons. The van der Waals surface area contributed by atoms with E-state index in [2.05, 4.69) is 12.7 Å². The van der Waals surface area contributed by atoms with Gasteiger partial charge in [0.1, 0.15) is 0 Å². The van der Waals surface area contributed by atoms with Gasteiger partial charge in [0.05, 0.1) is 0 Å². The summed E-state index contributed by atoms with van der Waals surface area (Å²) in [5.41, 5.74) is 6.43. The number of allylic oxidation sites excluding steroid dienone is 4. The van der Waals surface area contributed by atoms with Crippen LogP contribution in [0.4, 0.5) is 0 Å². The van der Waals surface area contributed by atoms with Crippen molar-refractivity contribution in [1.82, 2.24) is 0 Å². The fraction of sp³-hybridized carbons (Fsp3) is 0.462. The van der Waals surface area contributed by atoms with Crippen molar-refractivity contribution in [3.8, 4) is 0 Å². The van der Waals surface area contributed by atoms with Crippen LogP contribution in [0.25, 0.3) is 0 Å². The summed E-state index contributed by atoms with van der Waals surface area (Å²) in [7, 11) is 0. The van der Waals surface area contributed by atoms with Crippen molar-refractivity contribution in [3.63, 3.8) is 0 Å². The molecule has 0 aliphatic carbocycles. The maximum atomic E-state index is 10.8. The highest BCUT2D eigenvalue weighted by Crippen LogP contribution is 2.40. The summed E-state index contributed by atoms with van der Waals surface area (Å²) in [5.74, 6) is -0.229. The average molecular weight is 239 g/mol. The predicted molar refractivity (Wildman–Crippen MR) is 73.2 cm³/mol. The Morgan fingerprint density at radius 2 is 2.25 bits per heavy atom. The molecule has 1 unspecified atom stereocenters. The van der Waals surface area contributed by atoms with Gasteiger partial charge in [0.25, 0.3) is 0 Å². The van der Waals surface area contributed by atoms with Crippen molar-refractivity contribution in [2.45, 2.75) is 38.9 Å². The number of hydrogen-bond acceptors (Lipinski definition) is 2. The molecule has 0 spiro atoms. The van der Waals surface area contributed by atoms with E-state index in [0.29, 0.717) is 11.7 Å². The summed E-state index contributed by atoms with van der Waals surface area (Å²) in [6.45, 7) is 9.75. The molecule has 1 aliphatic heterocycles. The zero-order valence-corrected chi connectivity index (χ0v) is 11.1. The van der Waals surface area contributed by atoms with Gasteiger partial charge in [-0.3, -0.25) is 4.79 Å². The molecule has 0 aromatic rings. The Kier molecular flexibility index (Phi) is 7.73. The normalized spacial score (nSPS) is 19.6. The van der Waals surface area contributed by atoms with Crippen molar-refractivity contribution < 1.29 is 4.79 Å². The molecule has 3 heteroatoms.